The third-order valence-corrected chi connectivity index (χ3v) is 7.20. The standard InChI is InChI=1S/C29H32ClN7O/c30-26-18-31-11-9-25(26)29(38)35-15-21-4-1-5-22(14-21)19-37(13-12-32-16-24-17-33-20-36-24)27-8-2-6-23-7-3-10-34-28(23)27/h1,3-5,7,9-11,14,17-18,20,27,32H,2,6,8,12-13,15-16,19H2,(H,33,36)(H,35,38). The summed E-state index contributed by atoms with van der Waals surface area (Å²) in [6, 6.07) is 14.5. The first-order valence-electron chi connectivity index (χ1n) is 13.0. The van der Waals surface area contributed by atoms with Gasteiger partial charge in [0.05, 0.1) is 28.6 Å². The number of imidazole rings is 1. The molecule has 38 heavy (non-hydrogen) atoms. The van der Waals surface area contributed by atoms with E-state index in [-0.39, 0.29) is 11.9 Å². The van der Waals surface area contributed by atoms with E-state index in [2.05, 4.69) is 54.8 Å². The molecule has 0 aliphatic heterocycles. The van der Waals surface area contributed by atoms with Crippen LogP contribution in [0.2, 0.25) is 5.02 Å². The number of aromatic amines is 1. The number of nitrogens with zero attached hydrogens (tertiary/aromatic N) is 4. The number of amides is 1. The smallest absolute Gasteiger partial charge is 0.253 e. The summed E-state index contributed by atoms with van der Waals surface area (Å²) >= 11 is 6.13. The summed E-state index contributed by atoms with van der Waals surface area (Å²) in [5, 5.41) is 6.86. The second kappa shape index (κ2) is 12.8. The van der Waals surface area contributed by atoms with E-state index in [1.54, 1.807) is 18.6 Å². The Morgan fingerprint density at radius 1 is 1.08 bits per heavy atom. The predicted octanol–water partition coefficient (Wildman–Crippen LogP) is 4.45. The molecule has 8 nitrogen and oxygen atoms in total. The molecule has 1 unspecified atom stereocenters. The third kappa shape index (κ3) is 6.64. The van der Waals surface area contributed by atoms with Crippen molar-refractivity contribution in [2.45, 2.75) is 44.9 Å². The Kier molecular flexibility index (Phi) is 8.75. The Balaban J connectivity index is 1.27. The molecule has 0 saturated carbocycles. The van der Waals surface area contributed by atoms with Gasteiger partial charge < -0.3 is 15.6 Å². The highest BCUT2D eigenvalue weighted by Gasteiger charge is 2.27. The zero-order valence-electron chi connectivity index (χ0n) is 21.2. The summed E-state index contributed by atoms with van der Waals surface area (Å²) in [6.45, 7) is 3.70. The van der Waals surface area contributed by atoms with Gasteiger partial charge in [-0.3, -0.25) is 19.7 Å². The number of carbonyl (C=O) groups is 1. The number of halogens is 1. The number of fused-ring (bicyclic) bond motifs is 1. The van der Waals surface area contributed by atoms with Gasteiger partial charge in [-0.2, -0.15) is 0 Å². The van der Waals surface area contributed by atoms with Gasteiger partial charge in [0.25, 0.3) is 5.91 Å². The highest BCUT2D eigenvalue weighted by molar-refractivity contribution is 6.33. The fourth-order valence-electron chi connectivity index (χ4n) is 5.02. The lowest BCUT2D eigenvalue weighted by atomic mass is 9.90. The number of benzene rings is 1. The summed E-state index contributed by atoms with van der Waals surface area (Å²) in [6.07, 6.45) is 11.8. The van der Waals surface area contributed by atoms with Crippen LogP contribution in [-0.2, 0) is 26.1 Å². The average Bonchev–Trinajstić information content (AvgIpc) is 3.47. The second-order valence-corrected chi connectivity index (χ2v) is 9.95. The fraction of sp³-hybridized carbons (Fsp3) is 0.310. The highest BCUT2D eigenvalue weighted by Crippen LogP contribution is 2.33. The van der Waals surface area contributed by atoms with Crippen LogP contribution in [0.3, 0.4) is 0 Å². The van der Waals surface area contributed by atoms with Crippen LogP contribution in [0, 0.1) is 0 Å². The maximum absolute atomic E-state index is 12.6. The van der Waals surface area contributed by atoms with Crippen molar-refractivity contribution in [3.8, 4) is 0 Å². The van der Waals surface area contributed by atoms with Gasteiger partial charge in [0.2, 0.25) is 0 Å². The van der Waals surface area contributed by atoms with Crippen LogP contribution in [0.4, 0.5) is 0 Å². The van der Waals surface area contributed by atoms with Crippen LogP contribution in [0.25, 0.3) is 0 Å². The van der Waals surface area contributed by atoms with Crippen LogP contribution in [-0.4, -0.2) is 43.8 Å². The van der Waals surface area contributed by atoms with E-state index >= 15 is 0 Å². The molecule has 0 bridgehead atoms. The molecule has 3 N–H and O–H groups in total. The average molecular weight is 530 g/mol. The molecule has 1 aromatic carbocycles. The first-order valence-corrected chi connectivity index (χ1v) is 13.4. The quantitative estimate of drug-likeness (QED) is 0.248. The zero-order valence-corrected chi connectivity index (χ0v) is 22.0. The van der Waals surface area contributed by atoms with E-state index in [1.165, 1.54) is 23.0 Å². The Hall–Kier alpha value is -3.59. The van der Waals surface area contributed by atoms with Crippen LogP contribution in [0.5, 0.6) is 0 Å². The van der Waals surface area contributed by atoms with Crippen molar-refractivity contribution in [2.75, 3.05) is 13.1 Å². The number of H-pyrrole nitrogens is 1. The maximum atomic E-state index is 12.6. The van der Waals surface area contributed by atoms with Crippen LogP contribution >= 0.6 is 11.6 Å². The molecule has 0 fully saturated rings. The minimum Gasteiger partial charge on any atom is -0.348 e. The minimum absolute atomic E-state index is 0.211. The minimum atomic E-state index is -0.211. The van der Waals surface area contributed by atoms with Crippen molar-refractivity contribution in [1.29, 1.82) is 0 Å². The lowest BCUT2D eigenvalue weighted by Gasteiger charge is -2.35. The normalized spacial score (nSPS) is 14.8. The number of rotatable bonds is 11. The van der Waals surface area contributed by atoms with Gasteiger partial charge in [-0.1, -0.05) is 41.9 Å². The maximum Gasteiger partial charge on any atom is 0.253 e. The highest BCUT2D eigenvalue weighted by atomic mass is 35.5. The van der Waals surface area contributed by atoms with E-state index < -0.39 is 0 Å². The van der Waals surface area contributed by atoms with Crippen molar-refractivity contribution in [3.63, 3.8) is 0 Å². The van der Waals surface area contributed by atoms with E-state index in [0.29, 0.717) is 17.1 Å². The molecule has 196 valence electrons. The number of pyridine rings is 2. The van der Waals surface area contributed by atoms with Crippen molar-refractivity contribution in [3.05, 3.63) is 112 Å². The molecule has 1 aliphatic rings. The Morgan fingerprint density at radius 3 is 2.87 bits per heavy atom. The molecule has 1 amide bonds. The molecule has 0 spiro atoms. The molecular weight excluding hydrogens is 498 g/mol. The lowest BCUT2D eigenvalue weighted by molar-refractivity contribution is 0.0951. The first-order chi connectivity index (χ1) is 18.7. The van der Waals surface area contributed by atoms with Gasteiger partial charge >= 0.3 is 0 Å². The molecule has 0 saturated heterocycles. The number of nitrogens with one attached hydrogen (secondary N) is 3. The lowest BCUT2D eigenvalue weighted by Crippen LogP contribution is -2.36. The molecule has 1 aliphatic carbocycles. The van der Waals surface area contributed by atoms with Gasteiger partial charge in [0, 0.05) is 63.2 Å². The molecular formula is C29H32ClN7O. The first kappa shape index (κ1) is 26.0. The van der Waals surface area contributed by atoms with Crippen molar-refractivity contribution in [2.24, 2.45) is 0 Å². The van der Waals surface area contributed by atoms with E-state index in [0.717, 1.165) is 56.7 Å². The molecule has 4 aromatic rings. The summed E-state index contributed by atoms with van der Waals surface area (Å²) in [5.74, 6) is -0.211. The third-order valence-electron chi connectivity index (χ3n) is 6.90. The predicted molar refractivity (Wildman–Crippen MR) is 147 cm³/mol. The van der Waals surface area contributed by atoms with Crippen molar-refractivity contribution >= 4 is 17.5 Å². The van der Waals surface area contributed by atoms with Gasteiger partial charge in [-0.05, 0) is 48.1 Å². The summed E-state index contributed by atoms with van der Waals surface area (Å²) in [4.78, 5) is 31.1. The monoisotopic (exact) mass is 529 g/mol. The summed E-state index contributed by atoms with van der Waals surface area (Å²) in [5.41, 5.74) is 6.30. The topological polar surface area (TPSA) is 98.8 Å². The SMILES string of the molecule is O=C(NCc1cccc(CN(CCNCc2cnc[nH]2)C2CCCc3cccnc32)c1)c1ccncc1Cl. The van der Waals surface area contributed by atoms with Gasteiger partial charge in [-0.15, -0.1) is 0 Å². The van der Waals surface area contributed by atoms with E-state index in [1.807, 2.05) is 24.5 Å². The number of hydrogen-bond acceptors (Lipinski definition) is 6. The molecule has 9 heteroatoms. The molecule has 1 atom stereocenters. The van der Waals surface area contributed by atoms with E-state index in [4.69, 9.17) is 16.6 Å². The second-order valence-electron chi connectivity index (χ2n) is 9.54. The largest absolute Gasteiger partial charge is 0.348 e. The molecule has 5 rings (SSSR count). The van der Waals surface area contributed by atoms with E-state index in [9.17, 15) is 4.79 Å². The Labute approximate surface area is 227 Å². The molecule has 3 aromatic heterocycles. The Morgan fingerprint density at radius 2 is 2.00 bits per heavy atom. The van der Waals surface area contributed by atoms with Gasteiger partial charge in [-0.25, -0.2) is 4.98 Å². The zero-order chi connectivity index (χ0) is 26.2. The van der Waals surface area contributed by atoms with Crippen LogP contribution in [0.15, 0.2) is 73.6 Å². The van der Waals surface area contributed by atoms with Gasteiger partial charge in [0.15, 0.2) is 0 Å². The van der Waals surface area contributed by atoms with Crippen LogP contribution in [0.1, 0.15) is 57.3 Å². The number of aryl methyl sites for hydroxylation is 1. The summed E-state index contributed by atoms with van der Waals surface area (Å²) in [7, 11) is 0. The van der Waals surface area contributed by atoms with Crippen LogP contribution < -0.4 is 10.6 Å². The number of carbonyl (C=O) groups excluding carboxylic acids is 1. The van der Waals surface area contributed by atoms with Gasteiger partial charge in [0.1, 0.15) is 0 Å². The summed E-state index contributed by atoms with van der Waals surface area (Å²) < 4.78 is 0. The van der Waals surface area contributed by atoms with Crippen molar-refractivity contribution in [1.82, 2.24) is 35.5 Å². The number of hydrogen-bond donors (Lipinski definition) is 3. The molecule has 0 radical (unpaired) electrons. The molecule has 3 heterocycles. The number of aromatic nitrogens is 4. The van der Waals surface area contributed by atoms with Crippen molar-refractivity contribution < 1.29 is 4.79 Å². The Bertz CT molecular complexity index is 1340. The fourth-order valence-corrected chi connectivity index (χ4v) is 5.23.